The Kier molecular flexibility index (Phi) is 6.23. The third-order valence-electron chi connectivity index (χ3n) is 10.6. The van der Waals surface area contributed by atoms with E-state index in [1.807, 2.05) is 0 Å². The first-order chi connectivity index (χ1) is 14.1. The van der Waals surface area contributed by atoms with Crippen molar-refractivity contribution in [1.82, 2.24) is 0 Å². The Morgan fingerprint density at radius 2 is 1.90 bits per heavy atom. The van der Waals surface area contributed by atoms with Crippen molar-refractivity contribution in [3.05, 3.63) is 11.6 Å². The van der Waals surface area contributed by atoms with E-state index in [4.69, 9.17) is 0 Å². The fraction of sp³-hybridized carbons (Fsp3) is 0.926. The Morgan fingerprint density at radius 1 is 1.13 bits per heavy atom. The van der Waals surface area contributed by atoms with E-state index in [9.17, 15) is 15.3 Å². The Labute approximate surface area is 184 Å². The molecular formula is C27H46O3. The molecule has 9 atom stereocenters. The number of allylic oxidation sites excluding steroid dienone is 1. The molecule has 2 unspecified atom stereocenters. The maximum atomic E-state index is 10.2. The molecule has 3 fully saturated rings. The Morgan fingerprint density at radius 3 is 2.63 bits per heavy atom. The second-order valence-electron chi connectivity index (χ2n) is 12.4. The molecular weight excluding hydrogens is 372 g/mol. The van der Waals surface area contributed by atoms with Crippen LogP contribution in [0.3, 0.4) is 0 Å². The predicted octanol–water partition coefficient (Wildman–Crippen LogP) is 5.48. The minimum atomic E-state index is -0.922. The summed E-state index contributed by atoms with van der Waals surface area (Å²) in [7, 11) is 0. The summed E-state index contributed by atoms with van der Waals surface area (Å²) in [5.41, 5.74) is 1.46. The van der Waals surface area contributed by atoms with Gasteiger partial charge in [-0.25, -0.2) is 0 Å². The van der Waals surface area contributed by atoms with E-state index in [2.05, 4.69) is 26.8 Å². The van der Waals surface area contributed by atoms with Crippen molar-refractivity contribution in [2.45, 2.75) is 110 Å². The van der Waals surface area contributed by atoms with Gasteiger partial charge in [-0.2, -0.15) is 0 Å². The van der Waals surface area contributed by atoms with Crippen molar-refractivity contribution in [2.75, 3.05) is 6.61 Å². The first-order valence-electron chi connectivity index (χ1n) is 12.8. The average molecular weight is 419 g/mol. The molecule has 0 aromatic rings. The highest BCUT2D eigenvalue weighted by atomic mass is 16.3. The summed E-state index contributed by atoms with van der Waals surface area (Å²) in [4.78, 5) is 0. The Hall–Kier alpha value is -0.380. The molecule has 0 aromatic carbocycles. The minimum Gasteiger partial charge on any atom is -0.393 e. The maximum Gasteiger partial charge on any atom is 0.0849 e. The van der Waals surface area contributed by atoms with Crippen molar-refractivity contribution in [1.29, 1.82) is 0 Å². The lowest BCUT2D eigenvalue weighted by molar-refractivity contribution is -0.0579. The molecule has 0 radical (unpaired) electrons. The highest BCUT2D eigenvalue weighted by Gasteiger charge is 2.59. The third-order valence-corrected chi connectivity index (χ3v) is 10.6. The van der Waals surface area contributed by atoms with Gasteiger partial charge in [0.1, 0.15) is 0 Å². The van der Waals surface area contributed by atoms with Gasteiger partial charge in [-0.15, -0.1) is 0 Å². The zero-order chi connectivity index (χ0) is 21.7. The van der Waals surface area contributed by atoms with Crippen molar-refractivity contribution in [3.63, 3.8) is 0 Å². The molecule has 4 aliphatic carbocycles. The number of hydrogen-bond donors (Lipinski definition) is 3. The van der Waals surface area contributed by atoms with Gasteiger partial charge in [-0.1, -0.05) is 45.3 Å². The lowest BCUT2D eigenvalue weighted by Crippen LogP contribution is -2.50. The molecule has 3 N–H and O–H groups in total. The summed E-state index contributed by atoms with van der Waals surface area (Å²) in [6, 6.07) is 0. The van der Waals surface area contributed by atoms with Gasteiger partial charge in [0.25, 0.3) is 0 Å². The molecule has 0 bridgehead atoms. The quantitative estimate of drug-likeness (QED) is 0.501. The topological polar surface area (TPSA) is 60.7 Å². The second-order valence-corrected chi connectivity index (χ2v) is 12.4. The van der Waals surface area contributed by atoms with Gasteiger partial charge in [0.05, 0.1) is 18.3 Å². The summed E-state index contributed by atoms with van der Waals surface area (Å²) >= 11 is 0. The smallest absolute Gasteiger partial charge is 0.0849 e. The number of rotatable bonds is 6. The molecule has 4 aliphatic rings. The standard InChI is InChI=1S/C27H46O3/c1-18(6-5-13-25(2,30)17-28)22-9-10-23-21-8-7-19-16-20(29)11-14-26(19,3)24(21)12-15-27(22,23)4/h7,18,20-24,28-30H,5-6,8-17H2,1-4H3/t18?,20-,21-,22+,23-,24-,25?,26-,27+/m0/s1. The van der Waals surface area contributed by atoms with Crippen LogP contribution in [-0.4, -0.2) is 33.6 Å². The molecule has 3 heteroatoms. The molecule has 0 aromatic heterocycles. The van der Waals surface area contributed by atoms with E-state index >= 15 is 0 Å². The fourth-order valence-corrected chi connectivity index (χ4v) is 8.70. The van der Waals surface area contributed by atoms with Crippen LogP contribution >= 0.6 is 0 Å². The van der Waals surface area contributed by atoms with E-state index in [0.29, 0.717) is 23.2 Å². The van der Waals surface area contributed by atoms with Crippen LogP contribution in [0.5, 0.6) is 0 Å². The zero-order valence-electron chi connectivity index (χ0n) is 19.9. The maximum absolute atomic E-state index is 10.2. The van der Waals surface area contributed by atoms with Crippen LogP contribution in [0.25, 0.3) is 0 Å². The normalized spacial score (nSPS) is 46.2. The first kappa shape index (κ1) is 22.8. The van der Waals surface area contributed by atoms with Crippen molar-refractivity contribution < 1.29 is 15.3 Å². The van der Waals surface area contributed by atoms with E-state index < -0.39 is 5.60 Å². The van der Waals surface area contributed by atoms with Crippen LogP contribution in [0.4, 0.5) is 0 Å². The summed E-state index contributed by atoms with van der Waals surface area (Å²) < 4.78 is 0. The van der Waals surface area contributed by atoms with E-state index in [1.165, 1.54) is 38.5 Å². The molecule has 3 saturated carbocycles. The molecule has 0 amide bonds. The molecule has 0 aliphatic heterocycles. The molecule has 3 nitrogen and oxygen atoms in total. The van der Waals surface area contributed by atoms with E-state index in [1.54, 1.807) is 12.5 Å². The Balaban J connectivity index is 1.45. The molecule has 0 saturated heterocycles. The first-order valence-corrected chi connectivity index (χ1v) is 12.8. The summed E-state index contributed by atoms with van der Waals surface area (Å²) in [5.74, 6) is 4.00. The Bertz CT molecular complexity index is 654. The summed E-state index contributed by atoms with van der Waals surface area (Å²) in [5, 5.41) is 29.7. The minimum absolute atomic E-state index is 0.113. The van der Waals surface area contributed by atoms with Crippen molar-refractivity contribution >= 4 is 0 Å². The van der Waals surface area contributed by atoms with Crippen molar-refractivity contribution in [3.8, 4) is 0 Å². The highest BCUT2D eigenvalue weighted by Crippen LogP contribution is 2.67. The van der Waals surface area contributed by atoms with Crippen LogP contribution < -0.4 is 0 Å². The van der Waals surface area contributed by atoms with E-state index in [-0.39, 0.29) is 12.7 Å². The average Bonchev–Trinajstić information content (AvgIpc) is 3.05. The lowest BCUT2D eigenvalue weighted by atomic mass is 9.47. The molecule has 30 heavy (non-hydrogen) atoms. The second kappa shape index (κ2) is 8.19. The van der Waals surface area contributed by atoms with Crippen LogP contribution in [0, 0.1) is 40.4 Å². The number of aliphatic hydroxyl groups is 3. The number of hydrogen-bond acceptors (Lipinski definition) is 3. The SMILES string of the molecule is CC(CCCC(C)(O)CO)[C@H]1CC[C@H]2[C@@H]3CC=C4C[C@@H](O)CC[C@]4(C)[C@H]3CC[C@]12C. The van der Waals surface area contributed by atoms with E-state index in [0.717, 1.165) is 49.4 Å². The van der Waals surface area contributed by atoms with Gasteiger partial charge in [-0.3, -0.25) is 0 Å². The molecule has 0 spiro atoms. The van der Waals surface area contributed by atoms with Gasteiger partial charge in [0.15, 0.2) is 0 Å². The van der Waals surface area contributed by atoms with Gasteiger partial charge < -0.3 is 15.3 Å². The largest absolute Gasteiger partial charge is 0.393 e. The van der Waals surface area contributed by atoms with Gasteiger partial charge in [-0.05, 0) is 105 Å². The highest BCUT2D eigenvalue weighted by molar-refractivity contribution is 5.25. The van der Waals surface area contributed by atoms with Gasteiger partial charge in [0.2, 0.25) is 0 Å². The lowest BCUT2D eigenvalue weighted by Gasteiger charge is -2.58. The fourth-order valence-electron chi connectivity index (χ4n) is 8.70. The summed E-state index contributed by atoms with van der Waals surface area (Å²) in [6.07, 6.45) is 15.1. The third kappa shape index (κ3) is 3.82. The number of aliphatic hydroxyl groups excluding tert-OH is 2. The van der Waals surface area contributed by atoms with Gasteiger partial charge >= 0.3 is 0 Å². The van der Waals surface area contributed by atoms with Crippen molar-refractivity contribution in [2.24, 2.45) is 40.4 Å². The number of fused-ring (bicyclic) bond motifs is 5. The van der Waals surface area contributed by atoms with Crippen LogP contribution in [0.2, 0.25) is 0 Å². The molecule has 172 valence electrons. The monoisotopic (exact) mass is 418 g/mol. The van der Waals surface area contributed by atoms with Crippen LogP contribution in [-0.2, 0) is 0 Å². The van der Waals surface area contributed by atoms with Crippen LogP contribution in [0.15, 0.2) is 11.6 Å². The van der Waals surface area contributed by atoms with Gasteiger partial charge in [0, 0.05) is 0 Å². The molecule has 4 rings (SSSR count). The van der Waals surface area contributed by atoms with Crippen LogP contribution in [0.1, 0.15) is 98.3 Å². The zero-order valence-corrected chi connectivity index (χ0v) is 19.9. The summed E-state index contributed by atoms with van der Waals surface area (Å²) in [6.45, 7) is 9.19. The molecule has 0 heterocycles. The predicted molar refractivity (Wildman–Crippen MR) is 122 cm³/mol.